The van der Waals surface area contributed by atoms with E-state index in [2.05, 4.69) is 23.7 Å². The highest BCUT2D eigenvalue weighted by Crippen LogP contribution is 2.28. The molecule has 2 aliphatic heterocycles. The quantitative estimate of drug-likeness (QED) is 0.834. The van der Waals surface area contributed by atoms with Gasteiger partial charge in [0.05, 0.1) is 5.56 Å². The molecule has 0 saturated carbocycles. The highest BCUT2D eigenvalue weighted by Gasteiger charge is 2.39. The van der Waals surface area contributed by atoms with Crippen LogP contribution in [0.5, 0.6) is 0 Å². The van der Waals surface area contributed by atoms with E-state index in [-0.39, 0.29) is 11.9 Å². The third-order valence-electron chi connectivity index (χ3n) is 6.30. The van der Waals surface area contributed by atoms with Crippen LogP contribution in [0.25, 0.3) is 0 Å². The molecule has 5 nitrogen and oxygen atoms in total. The molecule has 2 fully saturated rings. The summed E-state index contributed by atoms with van der Waals surface area (Å²) in [4.78, 5) is 21.2. The van der Waals surface area contributed by atoms with E-state index >= 15 is 0 Å². The van der Waals surface area contributed by atoms with Gasteiger partial charge in [-0.25, -0.2) is 4.98 Å². The van der Waals surface area contributed by atoms with E-state index in [9.17, 15) is 18.0 Å². The number of hydrogen-bond acceptors (Lipinski definition) is 2. The maximum atomic E-state index is 13.1. The second kappa shape index (κ2) is 8.27. The number of nitrogens with zero attached hydrogens (tertiary/aromatic N) is 2. The first-order chi connectivity index (χ1) is 13.2. The van der Waals surface area contributed by atoms with Gasteiger partial charge >= 0.3 is 6.18 Å². The first-order valence-electron chi connectivity index (χ1n) is 10.2. The Labute approximate surface area is 164 Å². The van der Waals surface area contributed by atoms with Crippen molar-refractivity contribution in [3.05, 3.63) is 23.9 Å². The molecule has 2 aliphatic rings. The maximum absolute atomic E-state index is 13.1. The Hall–Kier alpha value is -1.83. The minimum absolute atomic E-state index is 0.0956. The molecule has 2 saturated heterocycles. The zero-order valence-electron chi connectivity index (χ0n) is 16.9. The fraction of sp³-hybridized carbons (Fsp3) is 0.700. The molecule has 3 atom stereocenters. The number of rotatable bonds is 3. The summed E-state index contributed by atoms with van der Waals surface area (Å²) in [7, 11) is 0. The number of amides is 1. The van der Waals surface area contributed by atoms with Crippen LogP contribution in [0.2, 0.25) is 0 Å². The van der Waals surface area contributed by atoms with Crippen molar-refractivity contribution in [2.75, 3.05) is 31.1 Å². The lowest BCUT2D eigenvalue weighted by molar-refractivity contribution is -0.915. The number of likely N-dealkylation sites (tertiary alicyclic amines) is 1. The van der Waals surface area contributed by atoms with Crippen LogP contribution >= 0.6 is 0 Å². The van der Waals surface area contributed by atoms with Gasteiger partial charge in [-0.3, -0.25) is 9.69 Å². The summed E-state index contributed by atoms with van der Waals surface area (Å²) in [5.74, 6) is 0.911. The highest BCUT2D eigenvalue weighted by atomic mass is 19.4. The molecule has 2 N–H and O–H groups in total. The molecule has 28 heavy (non-hydrogen) atoms. The Morgan fingerprint density at radius 3 is 2.29 bits per heavy atom. The number of halogens is 3. The van der Waals surface area contributed by atoms with Crippen LogP contribution in [0.1, 0.15) is 45.6 Å². The Kier molecular flexibility index (Phi) is 6.17. The second-order valence-corrected chi connectivity index (χ2v) is 8.20. The average Bonchev–Trinajstić information content (AvgIpc) is 2.67. The monoisotopic (exact) mass is 400 g/mol. The molecule has 3 heterocycles. The molecule has 156 valence electrons. The van der Waals surface area contributed by atoms with Gasteiger partial charge < -0.3 is 9.80 Å². The number of piperidine rings is 1. The lowest BCUT2D eigenvalue weighted by atomic mass is 9.96. The summed E-state index contributed by atoms with van der Waals surface area (Å²) in [6.07, 6.45) is -0.0166. The first kappa shape index (κ1) is 20.9. The molecule has 8 heteroatoms. The summed E-state index contributed by atoms with van der Waals surface area (Å²) >= 11 is 0. The normalized spacial score (nSPS) is 25.6. The van der Waals surface area contributed by atoms with Crippen LogP contribution in [-0.2, 0) is 11.0 Å². The van der Waals surface area contributed by atoms with E-state index in [0.29, 0.717) is 31.0 Å². The number of quaternary nitrogens is 1. The van der Waals surface area contributed by atoms with Crippen LogP contribution in [0.3, 0.4) is 0 Å². The topological polar surface area (TPSA) is 42.1 Å². The van der Waals surface area contributed by atoms with Crippen LogP contribution in [-0.4, -0.2) is 55.1 Å². The molecule has 0 radical (unpaired) electrons. The molecule has 1 aromatic rings. The minimum Gasteiger partial charge on any atom is -0.332 e. The second-order valence-electron chi connectivity index (χ2n) is 8.20. The van der Waals surface area contributed by atoms with Crippen molar-refractivity contribution in [3.63, 3.8) is 0 Å². The molecule has 1 aromatic heterocycles. The maximum Gasteiger partial charge on any atom is 0.419 e. The fourth-order valence-corrected chi connectivity index (χ4v) is 4.51. The zero-order chi connectivity index (χ0) is 20.5. The highest BCUT2D eigenvalue weighted by molar-refractivity contribution is 5.80. The zero-order valence-corrected chi connectivity index (χ0v) is 16.9. The largest absolute Gasteiger partial charge is 0.419 e. The predicted molar refractivity (Wildman–Crippen MR) is 100.0 cm³/mol. The summed E-state index contributed by atoms with van der Waals surface area (Å²) in [5, 5.41) is 0. The van der Waals surface area contributed by atoms with E-state index in [1.807, 2.05) is 11.8 Å². The standard InChI is InChI=1S/C20H29F3N4O/c1-14-5-4-6-15(2)27(14)19(28)16(3)25-9-11-26(12-10-25)18-8-7-17(13-24-18)20(21,22)23/h7-8,13-16H,4-6,9-12H2,1-3H3/p+2/t14-,15+,16-/m1/s1. The van der Waals surface area contributed by atoms with E-state index in [1.165, 1.54) is 17.4 Å². The van der Waals surface area contributed by atoms with E-state index in [0.717, 1.165) is 38.2 Å². The van der Waals surface area contributed by atoms with Gasteiger partial charge in [0.2, 0.25) is 0 Å². The van der Waals surface area contributed by atoms with E-state index in [1.54, 1.807) is 0 Å². The van der Waals surface area contributed by atoms with Crippen molar-refractivity contribution >= 4 is 11.7 Å². The molecule has 0 unspecified atom stereocenters. The Balaban J connectivity index is 1.58. The van der Waals surface area contributed by atoms with Crippen LogP contribution in [0, 0.1) is 0 Å². The number of anilines is 1. The van der Waals surface area contributed by atoms with Crippen molar-refractivity contribution in [3.8, 4) is 0 Å². The first-order valence-corrected chi connectivity index (χ1v) is 10.2. The molecule has 3 rings (SSSR count). The number of carbonyl (C=O) groups excluding carboxylic acids is 1. The number of nitrogens with one attached hydrogen (secondary N) is 2. The summed E-state index contributed by atoms with van der Waals surface area (Å²) in [6.45, 7) is 9.27. The van der Waals surface area contributed by atoms with Gasteiger partial charge in [-0.1, -0.05) is 0 Å². The van der Waals surface area contributed by atoms with Crippen LogP contribution in [0.15, 0.2) is 18.3 Å². The van der Waals surface area contributed by atoms with Gasteiger partial charge in [-0.05, 0) is 46.1 Å². The summed E-state index contributed by atoms with van der Waals surface area (Å²) in [6, 6.07) is 3.08. The van der Waals surface area contributed by atoms with E-state index < -0.39 is 11.7 Å². The number of H-pyrrole nitrogens is 1. The van der Waals surface area contributed by atoms with Crippen molar-refractivity contribution < 1.29 is 27.8 Å². The van der Waals surface area contributed by atoms with Gasteiger partial charge in [0.25, 0.3) is 11.7 Å². The molecular formula is C20H31F3N4O+2. The molecule has 0 aliphatic carbocycles. The van der Waals surface area contributed by atoms with E-state index in [4.69, 9.17) is 0 Å². The summed E-state index contributed by atoms with van der Waals surface area (Å²) < 4.78 is 38.1. The van der Waals surface area contributed by atoms with Gasteiger partial charge in [0.1, 0.15) is 32.4 Å². The number of aromatic nitrogens is 1. The van der Waals surface area contributed by atoms with Crippen LogP contribution in [0.4, 0.5) is 19.0 Å². The Morgan fingerprint density at radius 2 is 1.79 bits per heavy atom. The van der Waals surface area contributed by atoms with Crippen molar-refractivity contribution in [2.45, 2.75) is 64.3 Å². The van der Waals surface area contributed by atoms with Crippen molar-refractivity contribution in [1.82, 2.24) is 4.90 Å². The number of hydrogen-bond donors (Lipinski definition) is 1. The number of alkyl halides is 3. The van der Waals surface area contributed by atoms with Gasteiger partial charge in [-0.2, -0.15) is 13.2 Å². The molecule has 1 amide bonds. The average molecular weight is 400 g/mol. The smallest absolute Gasteiger partial charge is 0.332 e. The number of pyridine rings is 1. The lowest BCUT2D eigenvalue weighted by Gasteiger charge is -2.41. The van der Waals surface area contributed by atoms with Crippen molar-refractivity contribution in [1.29, 1.82) is 0 Å². The Bertz CT molecular complexity index is 661. The lowest BCUT2D eigenvalue weighted by Crippen LogP contribution is -3.19. The molecule has 0 spiro atoms. The Morgan fingerprint density at radius 1 is 1.18 bits per heavy atom. The number of carbonyl (C=O) groups is 1. The van der Waals surface area contributed by atoms with Crippen molar-refractivity contribution in [2.24, 2.45) is 0 Å². The third kappa shape index (κ3) is 4.42. The molecule has 0 bridgehead atoms. The predicted octanol–water partition coefficient (Wildman–Crippen LogP) is 1.40. The van der Waals surface area contributed by atoms with Gasteiger partial charge in [0.15, 0.2) is 6.04 Å². The number of aromatic amines is 1. The SMILES string of the molecule is C[C@@H]1CCC[C@H](C)N1C(=O)[C@@H](C)[NH+]1CCN(c2ccc(C(F)(F)F)c[nH+]2)CC1. The minimum atomic E-state index is -4.34. The van der Waals surface area contributed by atoms with Crippen LogP contribution < -0.4 is 14.8 Å². The number of piperazine rings is 1. The molecular weight excluding hydrogens is 369 g/mol. The molecule has 0 aromatic carbocycles. The van der Waals surface area contributed by atoms with Gasteiger partial charge in [-0.15, -0.1) is 0 Å². The van der Waals surface area contributed by atoms with Gasteiger partial charge in [0, 0.05) is 18.2 Å². The summed E-state index contributed by atoms with van der Waals surface area (Å²) in [5.41, 5.74) is -0.676. The third-order valence-corrected chi connectivity index (χ3v) is 6.30. The fourth-order valence-electron chi connectivity index (χ4n) is 4.51.